The number of thiol groups is 1. The number of hydrogen-bond donors (Lipinski definition) is 5. The average Bonchev–Trinajstić information content (AvgIpc) is 2.92. The summed E-state index contributed by atoms with van der Waals surface area (Å²) < 4.78 is 5.43. The van der Waals surface area contributed by atoms with Crippen molar-refractivity contribution in [1.82, 2.24) is 20.6 Å². The number of primary amides is 1. The number of nitrogens with one attached hydrogen (secondary N) is 3. The lowest BCUT2D eigenvalue weighted by Gasteiger charge is -2.21. The molecule has 0 bridgehead atoms. The van der Waals surface area contributed by atoms with Crippen LogP contribution in [0.5, 0.6) is 5.75 Å². The molecule has 0 saturated heterocycles. The highest BCUT2D eigenvalue weighted by Crippen LogP contribution is 2.13. The van der Waals surface area contributed by atoms with Crippen molar-refractivity contribution in [1.29, 1.82) is 0 Å². The minimum atomic E-state index is -1.06. The lowest BCUT2D eigenvalue weighted by molar-refractivity contribution is -0.128. The Hall–Kier alpha value is -4.45. The van der Waals surface area contributed by atoms with Crippen molar-refractivity contribution in [2.24, 2.45) is 5.73 Å². The molecule has 0 radical (unpaired) electrons. The fourth-order valence-corrected chi connectivity index (χ4v) is 3.43. The van der Waals surface area contributed by atoms with E-state index in [9.17, 15) is 19.2 Å². The van der Waals surface area contributed by atoms with Gasteiger partial charge in [0.15, 0.2) is 6.61 Å². The van der Waals surface area contributed by atoms with Crippen LogP contribution in [-0.4, -0.2) is 58.0 Å². The molecule has 0 aliphatic heterocycles. The zero-order valence-corrected chi connectivity index (χ0v) is 20.6. The van der Waals surface area contributed by atoms with E-state index in [0.29, 0.717) is 17.0 Å². The zero-order chi connectivity index (χ0) is 26.6. The van der Waals surface area contributed by atoms with Crippen molar-refractivity contribution in [2.45, 2.75) is 18.5 Å². The van der Waals surface area contributed by atoms with E-state index >= 15 is 0 Å². The van der Waals surface area contributed by atoms with E-state index in [1.54, 1.807) is 36.4 Å². The Balaban J connectivity index is 1.65. The molecular weight excluding hydrogens is 496 g/mol. The monoisotopic (exact) mass is 522 g/mol. The van der Waals surface area contributed by atoms with Crippen LogP contribution in [0, 0.1) is 0 Å². The summed E-state index contributed by atoms with van der Waals surface area (Å²) in [4.78, 5) is 57.1. The number of nitrogens with two attached hydrogens (primary N) is 1. The molecule has 0 spiro atoms. The van der Waals surface area contributed by atoms with Gasteiger partial charge in [-0.25, -0.2) is 4.98 Å². The van der Waals surface area contributed by atoms with Crippen LogP contribution in [0.4, 0.5) is 5.69 Å². The molecule has 5 N–H and O–H groups in total. The van der Waals surface area contributed by atoms with Crippen molar-refractivity contribution < 1.29 is 23.9 Å². The molecule has 1 aromatic heterocycles. The quantitative estimate of drug-likeness (QED) is 0.219. The van der Waals surface area contributed by atoms with Crippen LogP contribution in [0.2, 0.25) is 0 Å². The Kier molecular flexibility index (Phi) is 9.97. The van der Waals surface area contributed by atoms with Gasteiger partial charge in [0.25, 0.3) is 11.8 Å². The first kappa shape index (κ1) is 27.1. The molecule has 3 rings (SSSR count). The highest BCUT2D eigenvalue weighted by Gasteiger charge is 2.26. The standard InChI is InChI=1S/C25H26N6O5S/c26-23(33)21(15-37)31-24(34)19(30-25(35)20-13-27-10-11-28-20)12-16-6-8-17(9-7-16)29-22(32)14-36-18-4-2-1-3-5-18/h1-11,13,19,21,37H,12,14-15H2,(H2,26,33)(H,29,32)(H,30,35)(H,31,34)/t19-,21-/m0/s1. The van der Waals surface area contributed by atoms with Crippen LogP contribution in [0.15, 0.2) is 73.2 Å². The van der Waals surface area contributed by atoms with E-state index in [1.807, 2.05) is 18.2 Å². The number of para-hydroxylation sites is 1. The number of rotatable bonds is 12. The number of aromatic nitrogens is 2. The van der Waals surface area contributed by atoms with Gasteiger partial charge in [-0.1, -0.05) is 30.3 Å². The smallest absolute Gasteiger partial charge is 0.272 e. The molecule has 0 aliphatic carbocycles. The summed E-state index contributed by atoms with van der Waals surface area (Å²) in [5.41, 5.74) is 6.53. The Morgan fingerprint density at radius 3 is 2.30 bits per heavy atom. The van der Waals surface area contributed by atoms with Crippen molar-refractivity contribution in [2.75, 3.05) is 17.7 Å². The maximum absolute atomic E-state index is 12.9. The number of carbonyl (C=O) groups is 4. The van der Waals surface area contributed by atoms with Crippen LogP contribution in [0.3, 0.4) is 0 Å². The molecule has 192 valence electrons. The van der Waals surface area contributed by atoms with Gasteiger partial charge in [0, 0.05) is 30.3 Å². The highest BCUT2D eigenvalue weighted by molar-refractivity contribution is 7.80. The number of nitrogens with zero attached hydrogens (tertiary/aromatic N) is 2. The second-order valence-electron chi connectivity index (χ2n) is 7.81. The summed E-state index contributed by atoms with van der Waals surface area (Å²) in [6.07, 6.45) is 4.12. The molecule has 0 aliphatic rings. The second kappa shape index (κ2) is 13.6. The normalized spacial score (nSPS) is 12.0. The first-order valence-electron chi connectivity index (χ1n) is 11.2. The molecule has 2 aromatic carbocycles. The summed E-state index contributed by atoms with van der Waals surface area (Å²) >= 11 is 4.03. The number of ether oxygens (including phenoxy) is 1. The number of anilines is 1. The Labute approximate surface area is 218 Å². The lowest BCUT2D eigenvalue weighted by Crippen LogP contribution is -2.54. The van der Waals surface area contributed by atoms with Gasteiger partial charge in [-0.05, 0) is 29.8 Å². The number of benzene rings is 2. The minimum Gasteiger partial charge on any atom is -0.484 e. The summed E-state index contributed by atoms with van der Waals surface area (Å²) in [6.45, 7) is -0.158. The predicted octanol–water partition coefficient (Wildman–Crippen LogP) is 0.735. The van der Waals surface area contributed by atoms with Gasteiger partial charge in [-0.3, -0.25) is 24.2 Å². The molecule has 1 heterocycles. The van der Waals surface area contributed by atoms with Crippen molar-refractivity contribution in [3.05, 3.63) is 84.4 Å². The maximum Gasteiger partial charge on any atom is 0.272 e. The highest BCUT2D eigenvalue weighted by atomic mass is 32.1. The van der Waals surface area contributed by atoms with Gasteiger partial charge in [0.2, 0.25) is 11.8 Å². The van der Waals surface area contributed by atoms with Gasteiger partial charge in [0.1, 0.15) is 23.5 Å². The van der Waals surface area contributed by atoms with Crippen molar-refractivity contribution in [3.8, 4) is 5.75 Å². The first-order valence-corrected chi connectivity index (χ1v) is 11.8. The molecular formula is C25H26N6O5S. The number of carbonyl (C=O) groups excluding carboxylic acids is 4. The molecule has 3 aromatic rings. The topological polar surface area (TPSA) is 165 Å². The lowest BCUT2D eigenvalue weighted by atomic mass is 10.0. The maximum atomic E-state index is 12.9. The van der Waals surface area contributed by atoms with Gasteiger partial charge in [0.05, 0.1) is 6.20 Å². The molecule has 11 nitrogen and oxygen atoms in total. The summed E-state index contributed by atoms with van der Waals surface area (Å²) in [7, 11) is 0. The molecule has 12 heteroatoms. The summed E-state index contributed by atoms with van der Waals surface area (Å²) in [5, 5.41) is 7.84. The fourth-order valence-electron chi connectivity index (χ4n) is 3.16. The first-order chi connectivity index (χ1) is 17.9. The Bertz CT molecular complexity index is 1210. The van der Waals surface area contributed by atoms with E-state index in [1.165, 1.54) is 18.6 Å². The zero-order valence-electron chi connectivity index (χ0n) is 19.7. The van der Waals surface area contributed by atoms with Crippen molar-refractivity contribution in [3.63, 3.8) is 0 Å². The largest absolute Gasteiger partial charge is 0.484 e. The van der Waals surface area contributed by atoms with Gasteiger partial charge in [-0.15, -0.1) is 0 Å². The van der Waals surface area contributed by atoms with Gasteiger partial charge < -0.3 is 26.4 Å². The number of amides is 4. The summed E-state index contributed by atoms with van der Waals surface area (Å²) in [5.74, 6) is -1.75. The summed E-state index contributed by atoms with van der Waals surface area (Å²) in [6, 6.07) is 13.6. The van der Waals surface area contributed by atoms with Crippen LogP contribution < -0.4 is 26.4 Å². The van der Waals surface area contributed by atoms with E-state index in [2.05, 4.69) is 38.5 Å². The predicted molar refractivity (Wildman–Crippen MR) is 139 cm³/mol. The molecule has 0 saturated carbocycles. The van der Waals surface area contributed by atoms with E-state index < -0.39 is 29.8 Å². The van der Waals surface area contributed by atoms with Crippen LogP contribution in [0.1, 0.15) is 16.1 Å². The second-order valence-corrected chi connectivity index (χ2v) is 8.18. The third-order valence-corrected chi connectivity index (χ3v) is 5.42. The van der Waals surface area contributed by atoms with E-state index in [0.717, 1.165) is 0 Å². The fraction of sp³-hybridized carbons (Fsp3) is 0.200. The molecule has 0 unspecified atom stereocenters. The van der Waals surface area contributed by atoms with Crippen LogP contribution in [0.25, 0.3) is 0 Å². The van der Waals surface area contributed by atoms with Crippen molar-refractivity contribution >= 4 is 41.9 Å². The molecule has 37 heavy (non-hydrogen) atoms. The van der Waals surface area contributed by atoms with E-state index in [4.69, 9.17) is 10.5 Å². The third-order valence-electron chi connectivity index (χ3n) is 5.05. The molecule has 2 atom stereocenters. The Morgan fingerprint density at radius 1 is 0.946 bits per heavy atom. The number of hydrogen-bond acceptors (Lipinski definition) is 8. The average molecular weight is 523 g/mol. The minimum absolute atomic E-state index is 0.00567. The Morgan fingerprint density at radius 2 is 1.68 bits per heavy atom. The third kappa shape index (κ3) is 8.61. The van der Waals surface area contributed by atoms with Crippen LogP contribution in [-0.2, 0) is 20.8 Å². The SMILES string of the molecule is NC(=O)[C@H](CS)NC(=O)[C@H](Cc1ccc(NC(=O)COc2ccccc2)cc1)NC(=O)c1cnccn1. The van der Waals surface area contributed by atoms with Gasteiger partial charge in [-0.2, -0.15) is 12.6 Å². The van der Waals surface area contributed by atoms with Gasteiger partial charge >= 0.3 is 0 Å². The molecule has 4 amide bonds. The molecule has 0 fully saturated rings. The van der Waals surface area contributed by atoms with E-state index in [-0.39, 0.29) is 30.4 Å². The van der Waals surface area contributed by atoms with Crippen LogP contribution >= 0.6 is 12.6 Å².